The van der Waals surface area contributed by atoms with Crippen molar-refractivity contribution < 1.29 is 8.85 Å². The molecule has 0 fully saturated rings. The van der Waals surface area contributed by atoms with E-state index in [1.54, 1.807) is 0 Å². The molecule has 0 amide bonds. The molecule has 0 saturated carbocycles. The molecule has 5 heteroatoms. The van der Waals surface area contributed by atoms with E-state index in [-0.39, 0.29) is 23.0 Å². The predicted molar refractivity (Wildman–Crippen MR) is 151 cm³/mol. The molecule has 2 nitrogen and oxygen atoms in total. The van der Waals surface area contributed by atoms with Crippen molar-refractivity contribution in [3.05, 3.63) is 69.2 Å². The lowest BCUT2D eigenvalue weighted by Gasteiger charge is -2.39. The molecular weight excluding hydrogens is 504 g/mol. The largest absolute Gasteiger partial charge is 0.410 e. The molecule has 0 aliphatic rings. The Bertz CT molecular complexity index is 940. The molecule has 0 spiro atoms. The van der Waals surface area contributed by atoms with Crippen LogP contribution in [0.3, 0.4) is 0 Å². The number of benzene rings is 2. The highest BCUT2D eigenvalue weighted by atomic mass is 79.9. The highest BCUT2D eigenvalue weighted by molar-refractivity contribution is 9.10. The molecule has 0 bridgehead atoms. The van der Waals surface area contributed by atoms with Crippen LogP contribution in [-0.4, -0.2) is 18.1 Å². The van der Waals surface area contributed by atoms with Gasteiger partial charge in [-0.25, -0.2) is 0 Å². The summed E-state index contributed by atoms with van der Waals surface area (Å²) in [6.45, 7) is 22.5. The van der Waals surface area contributed by atoms with Crippen LogP contribution >= 0.6 is 15.9 Å². The zero-order chi connectivity index (χ0) is 25.0. The molecule has 0 aliphatic carbocycles. The van der Waals surface area contributed by atoms with Gasteiger partial charge >= 0.3 is 0 Å². The Balaban J connectivity index is 2.65. The monoisotopic (exact) mass is 544 g/mol. The third kappa shape index (κ3) is 8.63. The molecule has 180 valence electrons. The van der Waals surface area contributed by atoms with E-state index in [2.05, 4.69) is 132 Å². The summed E-state index contributed by atoms with van der Waals surface area (Å²) < 4.78 is 14.4. The third-order valence-corrected chi connectivity index (χ3v) is 7.18. The molecule has 33 heavy (non-hydrogen) atoms. The standard InChI is InChI=1S/C28H41BrO2Si2/c1-27(2,3)25(30-32(7)8)23-17-16-21(15-14-20-12-11-13-22(29)18-20)19-24(23)26(28(4,5)6)31-33(9)10/h11-19,25-26H,1-10H3/b15-14+. The fourth-order valence-corrected chi connectivity index (χ4v) is 6.17. The maximum absolute atomic E-state index is 6.67. The van der Waals surface area contributed by atoms with Gasteiger partial charge in [-0.1, -0.05) is 93.9 Å². The van der Waals surface area contributed by atoms with Crippen molar-refractivity contribution in [1.82, 2.24) is 0 Å². The average molecular weight is 546 g/mol. The number of hydrogen-bond acceptors (Lipinski definition) is 2. The predicted octanol–water partition coefficient (Wildman–Crippen LogP) is 9.33. The SMILES string of the molecule is C[Si](C)OC(c1ccc(/C=C/c2cccc(Br)c2)cc1C(O[Si](C)C)C(C)(C)C)C(C)(C)C. The Hall–Kier alpha value is -0.986. The molecule has 0 N–H and O–H groups in total. The number of halogens is 1. The number of rotatable bonds is 8. The summed E-state index contributed by atoms with van der Waals surface area (Å²) in [7, 11) is -1.77. The Morgan fingerprint density at radius 3 is 1.64 bits per heavy atom. The van der Waals surface area contributed by atoms with Crippen LogP contribution in [0.2, 0.25) is 26.2 Å². The van der Waals surface area contributed by atoms with Gasteiger partial charge in [-0.05, 0) is 77.5 Å². The summed E-state index contributed by atoms with van der Waals surface area (Å²) in [6.07, 6.45) is 4.40. The van der Waals surface area contributed by atoms with E-state index >= 15 is 0 Å². The Labute approximate surface area is 214 Å². The van der Waals surface area contributed by atoms with E-state index in [1.807, 2.05) is 6.07 Å². The molecule has 2 atom stereocenters. The van der Waals surface area contributed by atoms with Crippen molar-refractivity contribution in [3.63, 3.8) is 0 Å². The normalized spacial score (nSPS) is 14.9. The van der Waals surface area contributed by atoms with Gasteiger partial charge in [-0.3, -0.25) is 0 Å². The van der Waals surface area contributed by atoms with Crippen molar-refractivity contribution in [2.75, 3.05) is 0 Å². The minimum Gasteiger partial charge on any atom is -0.410 e. The summed E-state index contributed by atoms with van der Waals surface area (Å²) in [6, 6.07) is 15.2. The second-order valence-corrected chi connectivity index (χ2v) is 16.3. The minimum atomic E-state index is -0.892. The lowest BCUT2D eigenvalue weighted by molar-refractivity contribution is 0.0656. The van der Waals surface area contributed by atoms with Gasteiger partial charge in [0, 0.05) is 4.47 Å². The zero-order valence-electron chi connectivity index (χ0n) is 22.0. The van der Waals surface area contributed by atoms with E-state index in [9.17, 15) is 0 Å². The fraction of sp³-hybridized carbons (Fsp3) is 0.500. The summed E-state index contributed by atoms with van der Waals surface area (Å²) in [5, 5.41) is 0. The highest BCUT2D eigenvalue weighted by Crippen LogP contribution is 2.45. The molecule has 0 saturated heterocycles. The first-order valence-corrected chi connectivity index (χ1v) is 17.3. The third-order valence-electron chi connectivity index (χ3n) is 5.27. The molecule has 2 rings (SSSR count). The van der Waals surface area contributed by atoms with E-state index in [4.69, 9.17) is 8.85 Å². The molecule has 2 radical (unpaired) electrons. The molecular formula is C28H41BrO2Si2. The number of hydrogen-bond donors (Lipinski definition) is 0. The van der Waals surface area contributed by atoms with Crippen LogP contribution in [0.25, 0.3) is 12.2 Å². The van der Waals surface area contributed by atoms with Crippen molar-refractivity contribution in [2.45, 2.75) is 79.9 Å². The Kier molecular flexibility index (Phi) is 9.96. The summed E-state index contributed by atoms with van der Waals surface area (Å²) in [5.41, 5.74) is 4.83. The maximum Gasteiger partial charge on any atom is 0.205 e. The van der Waals surface area contributed by atoms with E-state index in [0.29, 0.717) is 0 Å². The molecule has 2 aromatic carbocycles. The van der Waals surface area contributed by atoms with Gasteiger partial charge in [0.25, 0.3) is 0 Å². The van der Waals surface area contributed by atoms with Gasteiger partial charge in [-0.15, -0.1) is 0 Å². The van der Waals surface area contributed by atoms with Gasteiger partial charge < -0.3 is 8.85 Å². The maximum atomic E-state index is 6.67. The van der Waals surface area contributed by atoms with Gasteiger partial charge in [0.2, 0.25) is 18.1 Å². The molecule has 2 aromatic rings. The van der Waals surface area contributed by atoms with Crippen molar-refractivity contribution >= 4 is 46.2 Å². The lowest BCUT2D eigenvalue weighted by atomic mass is 9.77. The fourth-order valence-electron chi connectivity index (χ4n) is 3.85. The quantitative estimate of drug-likeness (QED) is 0.243. The highest BCUT2D eigenvalue weighted by Gasteiger charge is 2.36. The molecule has 0 aliphatic heterocycles. The Morgan fingerprint density at radius 1 is 0.697 bits per heavy atom. The van der Waals surface area contributed by atoms with Crippen LogP contribution in [-0.2, 0) is 8.85 Å². The van der Waals surface area contributed by atoms with Gasteiger partial charge in [0.15, 0.2) is 0 Å². The first-order chi connectivity index (χ1) is 15.2. The first-order valence-electron chi connectivity index (χ1n) is 11.7. The lowest BCUT2D eigenvalue weighted by Crippen LogP contribution is -2.31. The van der Waals surface area contributed by atoms with E-state index < -0.39 is 18.1 Å². The topological polar surface area (TPSA) is 18.5 Å². The second kappa shape index (κ2) is 11.6. The van der Waals surface area contributed by atoms with Crippen LogP contribution in [0, 0.1) is 10.8 Å². The minimum absolute atomic E-state index is 0.00782. The van der Waals surface area contributed by atoms with Gasteiger partial charge in [0.05, 0.1) is 12.2 Å². The van der Waals surface area contributed by atoms with Crippen LogP contribution in [0.5, 0.6) is 0 Å². The smallest absolute Gasteiger partial charge is 0.205 e. The second-order valence-electron chi connectivity index (χ2n) is 11.3. The molecule has 2 unspecified atom stereocenters. The Morgan fingerprint density at radius 2 is 1.18 bits per heavy atom. The first kappa shape index (κ1) is 28.3. The van der Waals surface area contributed by atoms with Crippen molar-refractivity contribution in [3.8, 4) is 0 Å². The zero-order valence-corrected chi connectivity index (χ0v) is 25.6. The van der Waals surface area contributed by atoms with Crippen molar-refractivity contribution in [1.29, 1.82) is 0 Å². The molecule has 0 heterocycles. The van der Waals surface area contributed by atoms with Gasteiger partial charge in [0.1, 0.15) is 0 Å². The average Bonchev–Trinajstić information content (AvgIpc) is 2.67. The van der Waals surface area contributed by atoms with Gasteiger partial charge in [-0.2, -0.15) is 0 Å². The molecule has 0 aromatic heterocycles. The van der Waals surface area contributed by atoms with Crippen LogP contribution in [0.15, 0.2) is 46.9 Å². The van der Waals surface area contributed by atoms with Crippen LogP contribution < -0.4 is 0 Å². The summed E-state index contributed by atoms with van der Waals surface area (Å²) in [4.78, 5) is 0. The van der Waals surface area contributed by atoms with Crippen molar-refractivity contribution in [2.24, 2.45) is 10.8 Å². The summed E-state index contributed by atoms with van der Waals surface area (Å²) in [5.74, 6) is 0. The van der Waals surface area contributed by atoms with E-state index in [1.165, 1.54) is 22.3 Å². The summed E-state index contributed by atoms with van der Waals surface area (Å²) >= 11 is 3.57. The van der Waals surface area contributed by atoms with Crippen LogP contribution in [0.1, 0.15) is 76.0 Å². The van der Waals surface area contributed by atoms with Crippen LogP contribution in [0.4, 0.5) is 0 Å². The van der Waals surface area contributed by atoms with E-state index in [0.717, 1.165) is 4.47 Å².